The van der Waals surface area contributed by atoms with Gasteiger partial charge in [-0.25, -0.2) is 4.98 Å². The quantitative estimate of drug-likeness (QED) is 0.745. The average Bonchev–Trinajstić information content (AvgIpc) is 3.06. The van der Waals surface area contributed by atoms with E-state index in [0.717, 1.165) is 36.9 Å². The summed E-state index contributed by atoms with van der Waals surface area (Å²) in [5.74, 6) is 0.898. The van der Waals surface area contributed by atoms with Crippen LogP contribution in [0.5, 0.6) is 5.75 Å². The Hall–Kier alpha value is -1.59. The first-order chi connectivity index (χ1) is 11.2. The average molecular weight is 334 g/mol. The molecule has 126 valence electrons. The van der Waals surface area contributed by atoms with E-state index in [-0.39, 0.29) is 0 Å². The van der Waals surface area contributed by atoms with Gasteiger partial charge in [-0.1, -0.05) is 19.1 Å². The van der Waals surface area contributed by atoms with Crippen LogP contribution < -0.4 is 15.0 Å². The van der Waals surface area contributed by atoms with Crippen LogP contribution in [0.25, 0.3) is 0 Å². The maximum atomic E-state index is 5.23. The fourth-order valence-electron chi connectivity index (χ4n) is 2.58. The molecule has 4 nitrogen and oxygen atoms in total. The van der Waals surface area contributed by atoms with Crippen molar-refractivity contribution < 1.29 is 4.74 Å². The lowest BCUT2D eigenvalue weighted by atomic mass is 10.0. The van der Waals surface area contributed by atoms with Gasteiger partial charge in [0.1, 0.15) is 5.75 Å². The lowest BCUT2D eigenvalue weighted by Crippen LogP contribution is -2.21. The van der Waals surface area contributed by atoms with Crippen LogP contribution in [0.4, 0.5) is 5.13 Å². The van der Waals surface area contributed by atoms with E-state index in [1.165, 1.54) is 10.4 Å². The number of hydrogen-bond donors (Lipinski definition) is 1. The summed E-state index contributed by atoms with van der Waals surface area (Å²) in [4.78, 5) is 8.11. The number of nitrogens with zero attached hydrogens (tertiary/aromatic N) is 2. The van der Waals surface area contributed by atoms with Crippen LogP contribution in [0.3, 0.4) is 0 Å². The Balaban J connectivity index is 1.97. The number of benzene rings is 1. The Kier molecular flexibility index (Phi) is 6.86. The van der Waals surface area contributed by atoms with E-state index in [9.17, 15) is 0 Å². The van der Waals surface area contributed by atoms with Gasteiger partial charge in [0.25, 0.3) is 0 Å². The third-order valence-electron chi connectivity index (χ3n) is 4.02. The largest absolute Gasteiger partial charge is 0.497 e. The third kappa shape index (κ3) is 4.69. The molecule has 0 bridgehead atoms. The molecule has 0 aliphatic carbocycles. The van der Waals surface area contributed by atoms with Crippen LogP contribution in [0.15, 0.2) is 30.5 Å². The van der Waals surface area contributed by atoms with Crippen LogP contribution in [0, 0.1) is 0 Å². The van der Waals surface area contributed by atoms with Crippen molar-refractivity contribution in [3.05, 3.63) is 40.9 Å². The number of aromatic nitrogens is 1. The van der Waals surface area contributed by atoms with Crippen molar-refractivity contribution in [2.24, 2.45) is 0 Å². The summed E-state index contributed by atoms with van der Waals surface area (Å²) in [6.07, 6.45) is 3.04. The maximum Gasteiger partial charge on any atom is 0.185 e. The van der Waals surface area contributed by atoms with Gasteiger partial charge < -0.3 is 15.0 Å². The molecule has 5 heteroatoms. The normalized spacial score (nSPS) is 12.2. The van der Waals surface area contributed by atoms with Gasteiger partial charge in [-0.3, -0.25) is 0 Å². The Labute approximate surface area is 143 Å². The Morgan fingerprint density at radius 3 is 2.43 bits per heavy atom. The number of anilines is 1. The Bertz CT molecular complexity index is 578. The third-order valence-corrected chi connectivity index (χ3v) is 5.08. The standard InChI is InChI=1S/C18H27N3OS/c1-5-17(14-8-10-15(22-4)11-9-14)19-12-16-13-20-18(23-16)21(6-2)7-3/h8-11,13,17,19H,5-7,12H2,1-4H3. The molecule has 1 N–H and O–H groups in total. The summed E-state index contributed by atoms with van der Waals surface area (Å²) in [6.45, 7) is 9.39. The molecule has 1 atom stereocenters. The van der Waals surface area contributed by atoms with Gasteiger partial charge >= 0.3 is 0 Å². The highest BCUT2D eigenvalue weighted by atomic mass is 32.1. The number of nitrogens with one attached hydrogen (secondary N) is 1. The number of hydrogen-bond acceptors (Lipinski definition) is 5. The van der Waals surface area contributed by atoms with Crippen LogP contribution in [-0.2, 0) is 6.54 Å². The van der Waals surface area contributed by atoms with Crippen LogP contribution in [0.2, 0.25) is 0 Å². The summed E-state index contributed by atoms with van der Waals surface area (Å²) in [6, 6.07) is 8.65. The summed E-state index contributed by atoms with van der Waals surface area (Å²) in [7, 11) is 1.70. The van der Waals surface area contributed by atoms with Gasteiger partial charge in [0, 0.05) is 36.8 Å². The molecule has 1 heterocycles. The van der Waals surface area contributed by atoms with Gasteiger partial charge in [0.2, 0.25) is 0 Å². The topological polar surface area (TPSA) is 37.4 Å². The van der Waals surface area contributed by atoms with Gasteiger partial charge in [-0.05, 0) is 38.0 Å². The summed E-state index contributed by atoms with van der Waals surface area (Å²) >= 11 is 1.78. The highest BCUT2D eigenvalue weighted by Crippen LogP contribution is 2.24. The van der Waals surface area contributed by atoms with Crippen LogP contribution in [0.1, 0.15) is 43.7 Å². The van der Waals surface area contributed by atoms with Crippen molar-refractivity contribution in [1.82, 2.24) is 10.3 Å². The van der Waals surface area contributed by atoms with E-state index in [1.807, 2.05) is 18.3 Å². The molecule has 1 aromatic heterocycles. The van der Waals surface area contributed by atoms with E-state index in [0.29, 0.717) is 6.04 Å². The van der Waals surface area contributed by atoms with Crippen molar-refractivity contribution >= 4 is 16.5 Å². The molecule has 0 saturated carbocycles. The zero-order chi connectivity index (χ0) is 16.7. The zero-order valence-electron chi connectivity index (χ0n) is 14.5. The Morgan fingerprint density at radius 1 is 1.17 bits per heavy atom. The minimum absolute atomic E-state index is 0.347. The highest BCUT2D eigenvalue weighted by molar-refractivity contribution is 7.15. The minimum atomic E-state index is 0.347. The summed E-state index contributed by atoms with van der Waals surface area (Å²) in [5.41, 5.74) is 1.29. The molecule has 0 saturated heterocycles. The SMILES string of the molecule is CCC(NCc1cnc(N(CC)CC)s1)c1ccc(OC)cc1. The van der Waals surface area contributed by atoms with Gasteiger partial charge in [0.05, 0.1) is 7.11 Å². The summed E-state index contributed by atoms with van der Waals surface area (Å²) in [5, 5.41) is 4.75. The predicted molar refractivity (Wildman–Crippen MR) is 98.5 cm³/mol. The molecule has 0 spiro atoms. The second kappa shape index (κ2) is 8.89. The van der Waals surface area contributed by atoms with Crippen molar-refractivity contribution in [3.8, 4) is 5.75 Å². The molecular weight excluding hydrogens is 306 g/mol. The monoisotopic (exact) mass is 333 g/mol. The molecule has 2 aromatic rings. The van der Waals surface area contributed by atoms with E-state index in [2.05, 4.69) is 48.1 Å². The Morgan fingerprint density at radius 2 is 1.87 bits per heavy atom. The maximum absolute atomic E-state index is 5.23. The molecule has 0 aliphatic heterocycles. The predicted octanol–water partition coefficient (Wildman–Crippen LogP) is 4.24. The first kappa shape index (κ1) is 17.8. The lowest BCUT2D eigenvalue weighted by Gasteiger charge is -2.18. The zero-order valence-corrected chi connectivity index (χ0v) is 15.3. The van der Waals surface area contributed by atoms with E-state index < -0.39 is 0 Å². The van der Waals surface area contributed by atoms with Crippen molar-refractivity contribution in [1.29, 1.82) is 0 Å². The van der Waals surface area contributed by atoms with Crippen LogP contribution in [-0.4, -0.2) is 25.2 Å². The molecule has 0 aliphatic rings. The molecule has 0 radical (unpaired) electrons. The number of rotatable bonds is 9. The van der Waals surface area contributed by atoms with E-state index in [4.69, 9.17) is 4.74 Å². The fraction of sp³-hybridized carbons (Fsp3) is 0.500. The van der Waals surface area contributed by atoms with Gasteiger partial charge in [-0.15, -0.1) is 11.3 Å². The van der Waals surface area contributed by atoms with E-state index in [1.54, 1.807) is 18.4 Å². The molecule has 1 unspecified atom stereocenters. The number of ether oxygens (including phenoxy) is 1. The fourth-order valence-corrected chi connectivity index (χ4v) is 3.57. The highest BCUT2D eigenvalue weighted by Gasteiger charge is 2.11. The van der Waals surface area contributed by atoms with Crippen molar-refractivity contribution in [2.75, 3.05) is 25.1 Å². The van der Waals surface area contributed by atoms with Crippen molar-refractivity contribution in [2.45, 2.75) is 39.8 Å². The second-order valence-electron chi connectivity index (χ2n) is 5.40. The molecule has 0 amide bonds. The molecular formula is C18H27N3OS. The molecule has 2 rings (SSSR count). The van der Waals surface area contributed by atoms with Gasteiger partial charge in [-0.2, -0.15) is 0 Å². The molecule has 1 aromatic carbocycles. The molecule has 23 heavy (non-hydrogen) atoms. The van der Waals surface area contributed by atoms with E-state index >= 15 is 0 Å². The number of thiazole rings is 1. The second-order valence-corrected chi connectivity index (χ2v) is 6.49. The summed E-state index contributed by atoms with van der Waals surface area (Å²) < 4.78 is 5.23. The first-order valence-electron chi connectivity index (χ1n) is 8.28. The number of methoxy groups -OCH3 is 1. The minimum Gasteiger partial charge on any atom is -0.497 e. The lowest BCUT2D eigenvalue weighted by molar-refractivity contribution is 0.414. The smallest absolute Gasteiger partial charge is 0.185 e. The first-order valence-corrected chi connectivity index (χ1v) is 9.10. The molecule has 0 fully saturated rings. The van der Waals surface area contributed by atoms with Gasteiger partial charge in [0.15, 0.2) is 5.13 Å². The van der Waals surface area contributed by atoms with Crippen molar-refractivity contribution in [3.63, 3.8) is 0 Å². The van der Waals surface area contributed by atoms with Crippen LogP contribution >= 0.6 is 11.3 Å².